The summed E-state index contributed by atoms with van der Waals surface area (Å²) in [5, 5.41) is 13.5. The summed E-state index contributed by atoms with van der Waals surface area (Å²) >= 11 is 0. The van der Waals surface area contributed by atoms with Crippen LogP contribution in [0.4, 0.5) is 0 Å². The highest BCUT2D eigenvalue weighted by Crippen LogP contribution is 2.32. The molecule has 0 aromatic heterocycles. The van der Waals surface area contributed by atoms with E-state index in [1.165, 1.54) is 0 Å². The molecule has 0 saturated heterocycles. The van der Waals surface area contributed by atoms with E-state index in [4.69, 9.17) is 4.74 Å². The van der Waals surface area contributed by atoms with Gasteiger partial charge in [-0.1, -0.05) is 19.9 Å². The molecule has 116 valence electrons. The van der Waals surface area contributed by atoms with Gasteiger partial charge in [-0.3, -0.25) is 9.80 Å². The van der Waals surface area contributed by atoms with Gasteiger partial charge in [-0.15, -0.1) is 0 Å². The van der Waals surface area contributed by atoms with Gasteiger partial charge in [0.2, 0.25) is 0 Å². The molecule has 2 heterocycles. The lowest BCUT2D eigenvalue weighted by molar-refractivity contribution is -0.150. The van der Waals surface area contributed by atoms with Gasteiger partial charge in [-0.05, 0) is 25.7 Å². The van der Waals surface area contributed by atoms with Crippen molar-refractivity contribution in [2.45, 2.75) is 33.6 Å². The van der Waals surface area contributed by atoms with E-state index in [-0.39, 0.29) is 17.9 Å². The number of carbonyl (C=O) groups excluding carboxylic acids is 2. The van der Waals surface area contributed by atoms with Gasteiger partial charge in [0.05, 0.1) is 12.3 Å². The molecular formula is C15H22N2O4. The summed E-state index contributed by atoms with van der Waals surface area (Å²) in [6, 6.07) is 0. The number of rotatable bonds is 5. The van der Waals surface area contributed by atoms with Crippen LogP contribution in [0.3, 0.4) is 0 Å². The van der Waals surface area contributed by atoms with E-state index in [1.54, 1.807) is 16.9 Å². The largest absolute Gasteiger partial charge is 0.505 e. The number of hydrogen-bond donors (Lipinski definition) is 1. The minimum Gasteiger partial charge on any atom is -0.505 e. The number of aliphatic hydroxyl groups is 1. The summed E-state index contributed by atoms with van der Waals surface area (Å²) in [5.74, 6) is -1.07. The first-order valence-electron chi connectivity index (χ1n) is 7.37. The molecule has 2 aliphatic rings. The number of fused-ring (bicyclic) bond motifs is 1. The van der Waals surface area contributed by atoms with E-state index in [2.05, 4.69) is 13.8 Å². The van der Waals surface area contributed by atoms with Crippen molar-refractivity contribution < 1.29 is 19.4 Å². The summed E-state index contributed by atoms with van der Waals surface area (Å²) in [7, 11) is 0. The molecule has 2 aliphatic heterocycles. The number of ether oxygens (including phenoxy) is 1. The van der Waals surface area contributed by atoms with E-state index < -0.39 is 11.9 Å². The highest BCUT2D eigenvalue weighted by molar-refractivity contribution is 6.17. The number of esters is 1. The van der Waals surface area contributed by atoms with Crippen molar-refractivity contribution >= 4 is 11.9 Å². The average molecular weight is 294 g/mol. The van der Waals surface area contributed by atoms with Crippen molar-refractivity contribution in [3.05, 3.63) is 23.1 Å². The second-order valence-electron chi connectivity index (χ2n) is 5.56. The van der Waals surface area contributed by atoms with Crippen LogP contribution >= 0.6 is 0 Å². The predicted octanol–water partition coefficient (Wildman–Crippen LogP) is 1.75. The lowest BCUT2D eigenvalue weighted by Crippen LogP contribution is -2.51. The van der Waals surface area contributed by atoms with Gasteiger partial charge in [0.25, 0.3) is 5.91 Å². The van der Waals surface area contributed by atoms with Gasteiger partial charge in [-0.2, -0.15) is 0 Å². The minimum atomic E-state index is -0.762. The Morgan fingerprint density at radius 3 is 2.81 bits per heavy atom. The molecule has 0 atom stereocenters. The van der Waals surface area contributed by atoms with Crippen LogP contribution in [0.2, 0.25) is 0 Å². The van der Waals surface area contributed by atoms with Crippen LogP contribution < -0.4 is 0 Å². The quantitative estimate of drug-likeness (QED) is 0.618. The Morgan fingerprint density at radius 2 is 2.19 bits per heavy atom. The third kappa shape index (κ3) is 2.89. The van der Waals surface area contributed by atoms with Crippen molar-refractivity contribution in [1.29, 1.82) is 0 Å². The summed E-state index contributed by atoms with van der Waals surface area (Å²) in [6.45, 7) is 7.14. The Morgan fingerprint density at radius 1 is 1.48 bits per heavy atom. The lowest BCUT2D eigenvalue weighted by Gasteiger charge is -2.39. The first-order chi connectivity index (χ1) is 9.97. The second kappa shape index (κ2) is 6.20. The van der Waals surface area contributed by atoms with Crippen molar-refractivity contribution in [1.82, 2.24) is 10.0 Å². The van der Waals surface area contributed by atoms with E-state index in [0.717, 1.165) is 12.8 Å². The molecule has 0 saturated carbocycles. The highest BCUT2D eigenvalue weighted by atomic mass is 16.5. The first-order valence-corrected chi connectivity index (χ1v) is 7.37. The maximum atomic E-state index is 12.5. The number of carbonyl (C=O) groups is 2. The second-order valence-corrected chi connectivity index (χ2v) is 5.56. The zero-order valence-electron chi connectivity index (χ0n) is 12.8. The molecule has 1 N–H and O–H groups in total. The first kappa shape index (κ1) is 15.4. The molecule has 0 bridgehead atoms. The van der Waals surface area contributed by atoms with E-state index in [0.29, 0.717) is 24.7 Å². The molecule has 21 heavy (non-hydrogen) atoms. The van der Waals surface area contributed by atoms with Gasteiger partial charge in [0, 0.05) is 13.1 Å². The molecule has 0 spiro atoms. The maximum absolute atomic E-state index is 12.5. The Labute approximate surface area is 124 Å². The SMILES string of the molecule is CCOC(=O)C1=C(O)C2=CCCN2N(CCC(C)C)C1=O. The van der Waals surface area contributed by atoms with Crippen LogP contribution in [0, 0.1) is 5.92 Å². The van der Waals surface area contributed by atoms with Crippen molar-refractivity contribution in [3.8, 4) is 0 Å². The number of aliphatic hydroxyl groups excluding tert-OH is 1. The number of amides is 1. The zero-order chi connectivity index (χ0) is 15.6. The molecule has 0 radical (unpaired) electrons. The van der Waals surface area contributed by atoms with Crippen LogP contribution in [0.5, 0.6) is 0 Å². The molecule has 6 heteroatoms. The zero-order valence-corrected chi connectivity index (χ0v) is 12.8. The van der Waals surface area contributed by atoms with Crippen LogP contribution in [-0.2, 0) is 14.3 Å². The van der Waals surface area contributed by atoms with Crippen molar-refractivity contribution in [3.63, 3.8) is 0 Å². The van der Waals surface area contributed by atoms with Crippen molar-refractivity contribution in [2.24, 2.45) is 5.92 Å². The lowest BCUT2D eigenvalue weighted by atomic mass is 10.1. The fraction of sp³-hybridized carbons (Fsp3) is 0.600. The minimum absolute atomic E-state index is 0.164. The summed E-state index contributed by atoms with van der Waals surface area (Å²) in [6.07, 6.45) is 3.40. The molecule has 0 unspecified atom stereocenters. The molecule has 1 amide bonds. The van der Waals surface area contributed by atoms with Gasteiger partial charge < -0.3 is 9.84 Å². The van der Waals surface area contributed by atoms with Crippen LogP contribution in [0.15, 0.2) is 23.1 Å². The third-order valence-corrected chi connectivity index (χ3v) is 3.57. The molecule has 0 aliphatic carbocycles. The van der Waals surface area contributed by atoms with E-state index in [9.17, 15) is 14.7 Å². The smallest absolute Gasteiger partial charge is 0.347 e. The third-order valence-electron chi connectivity index (χ3n) is 3.57. The average Bonchev–Trinajstić information content (AvgIpc) is 2.88. The van der Waals surface area contributed by atoms with Crippen LogP contribution in [-0.4, -0.2) is 46.7 Å². The monoisotopic (exact) mass is 294 g/mol. The summed E-state index contributed by atoms with van der Waals surface area (Å²) in [4.78, 5) is 24.5. The molecule has 0 fully saturated rings. The molecule has 0 aromatic carbocycles. The number of hydrogen-bond acceptors (Lipinski definition) is 5. The highest BCUT2D eigenvalue weighted by Gasteiger charge is 2.41. The van der Waals surface area contributed by atoms with Gasteiger partial charge >= 0.3 is 5.97 Å². The Kier molecular flexibility index (Phi) is 4.55. The molecule has 2 rings (SSSR count). The van der Waals surface area contributed by atoms with Crippen molar-refractivity contribution in [2.75, 3.05) is 19.7 Å². The van der Waals surface area contributed by atoms with Gasteiger partial charge in [0.15, 0.2) is 11.3 Å². The Balaban J connectivity index is 2.32. The Bertz CT molecular complexity index is 508. The number of nitrogens with zero attached hydrogens (tertiary/aromatic N) is 2. The number of hydrazine groups is 1. The Hall–Kier alpha value is -1.98. The topological polar surface area (TPSA) is 70.1 Å². The normalized spacial score (nSPS) is 18.3. The fourth-order valence-electron chi connectivity index (χ4n) is 2.48. The van der Waals surface area contributed by atoms with E-state index in [1.807, 2.05) is 6.08 Å². The summed E-state index contributed by atoms with van der Waals surface area (Å²) in [5.41, 5.74) is 0.270. The van der Waals surface area contributed by atoms with Crippen LogP contribution in [0.25, 0.3) is 0 Å². The van der Waals surface area contributed by atoms with Gasteiger partial charge in [-0.25, -0.2) is 9.80 Å². The van der Waals surface area contributed by atoms with E-state index >= 15 is 0 Å². The van der Waals surface area contributed by atoms with Crippen LogP contribution in [0.1, 0.15) is 33.6 Å². The maximum Gasteiger partial charge on any atom is 0.347 e. The predicted molar refractivity (Wildman–Crippen MR) is 76.9 cm³/mol. The molecular weight excluding hydrogens is 272 g/mol. The standard InChI is InChI=1S/C15H22N2O4/c1-4-21-15(20)12-13(18)11-6-5-8-16(11)17(14(12)19)9-7-10(2)3/h6,10,18H,4-5,7-9H2,1-3H3. The molecule has 6 nitrogen and oxygen atoms in total. The molecule has 0 aromatic rings. The summed E-state index contributed by atoms with van der Waals surface area (Å²) < 4.78 is 4.89. The van der Waals surface area contributed by atoms with Gasteiger partial charge in [0.1, 0.15) is 0 Å². The fourth-order valence-corrected chi connectivity index (χ4v) is 2.48.